The molecule has 0 spiro atoms. The zero-order valence-electron chi connectivity index (χ0n) is 7.04. The van der Waals surface area contributed by atoms with Gasteiger partial charge in [-0.05, 0) is 28.7 Å². The van der Waals surface area contributed by atoms with Crippen LogP contribution in [0.2, 0.25) is 0 Å². The van der Waals surface area contributed by atoms with Crippen molar-refractivity contribution in [1.82, 2.24) is 4.98 Å². The number of nitriles is 1. The predicted molar refractivity (Wildman–Crippen MR) is 53.6 cm³/mol. The van der Waals surface area contributed by atoms with E-state index in [4.69, 9.17) is 10.4 Å². The van der Waals surface area contributed by atoms with Crippen LogP contribution in [0.15, 0.2) is 6.07 Å². The molecule has 1 rings (SSSR count). The molecule has 0 atom stereocenters. The Balaban J connectivity index is 3.56. The second-order valence-corrected chi connectivity index (χ2v) is 3.58. The highest BCUT2D eigenvalue weighted by atomic mass is 127. The molecule has 1 N–H and O–H groups in total. The van der Waals surface area contributed by atoms with E-state index in [2.05, 4.69) is 4.98 Å². The summed E-state index contributed by atoms with van der Waals surface area (Å²) in [4.78, 5) is 14.1. The molecule has 0 radical (unpaired) electrons. The molecule has 0 unspecified atom stereocenters. The molecule has 1 aromatic rings. The Bertz CT molecular complexity index is 457. The van der Waals surface area contributed by atoms with Gasteiger partial charge in [-0.3, -0.25) is 0 Å². The quantitative estimate of drug-likeness (QED) is 0.668. The molecule has 0 saturated heterocycles. The van der Waals surface area contributed by atoms with Gasteiger partial charge in [0, 0.05) is 0 Å². The van der Waals surface area contributed by atoms with Crippen LogP contribution in [0, 0.1) is 15.0 Å². The van der Waals surface area contributed by atoms with Gasteiger partial charge < -0.3 is 5.11 Å². The standard InChI is InChI=1S/C8H3F2IN2O2/c9-7(10)6-5(8(14)15)3(2-12)1-4(11)13-6/h1,7H,(H,14,15). The second kappa shape index (κ2) is 4.48. The summed E-state index contributed by atoms with van der Waals surface area (Å²) >= 11 is 1.64. The van der Waals surface area contributed by atoms with Gasteiger partial charge in [-0.25, -0.2) is 18.6 Å². The number of carboxylic acids is 1. The molecule has 0 aromatic carbocycles. The Labute approximate surface area is 96.7 Å². The maximum Gasteiger partial charge on any atom is 0.339 e. The number of carboxylic acid groups (broad SMARTS) is 1. The average molecular weight is 324 g/mol. The van der Waals surface area contributed by atoms with Crippen molar-refractivity contribution in [3.8, 4) is 6.07 Å². The maximum absolute atomic E-state index is 12.4. The molecule has 1 heterocycles. The number of pyridine rings is 1. The number of rotatable bonds is 2. The lowest BCUT2D eigenvalue weighted by Gasteiger charge is -2.06. The van der Waals surface area contributed by atoms with Gasteiger partial charge in [-0.15, -0.1) is 0 Å². The van der Waals surface area contributed by atoms with Gasteiger partial charge in [0.1, 0.15) is 21.0 Å². The van der Waals surface area contributed by atoms with Crippen LogP contribution in [0.4, 0.5) is 8.78 Å². The lowest BCUT2D eigenvalue weighted by molar-refractivity contribution is 0.0681. The number of nitrogens with zero attached hydrogens (tertiary/aromatic N) is 2. The number of hydrogen-bond donors (Lipinski definition) is 1. The van der Waals surface area contributed by atoms with E-state index in [0.29, 0.717) is 0 Å². The number of aromatic nitrogens is 1. The van der Waals surface area contributed by atoms with Crippen molar-refractivity contribution >= 4 is 28.6 Å². The Kier molecular flexibility index (Phi) is 3.52. The van der Waals surface area contributed by atoms with Crippen molar-refractivity contribution in [3.63, 3.8) is 0 Å². The van der Waals surface area contributed by atoms with Crippen LogP contribution >= 0.6 is 22.6 Å². The molecule has 0 aliphatic carbocycles. The topological polar surface area (TPSA) is 74.0 Å². The summed E-state index contributed by atoms with van der Waals surface area (Å²) < 4.78 is 25.0. The predicted octanol–water partition coefficient (Wildman–Crippen LogP) is 2.19. The first-order valence-electron chi connectivity index (χ1n) is 3.59. The molecule has 7 heteroatoms. The van der Waals surface area contributed by atoms with Gasteiger partial charge in [0.15, 0.2) is 0 Å². The van der Waals surface area contributed by atoms with Gasteiger partial charge in [-0.2, -0.15) is 5.26 Å². The maximum atomic E-state index is 12.4. The molecule has 0 aliphatic heterocycles. The third-order valence-electron chi connectivity index (χ3n) is 1.56. The van der Waals surface area contributed by atoms with E-state index in [9.17, 15) is 13.6 Å². The van der Waals surface area contributed by atoms with Crippen molar-refractivity contribution < 1.29 is 18.7 Å². The molecule has 0 saturated carbocycles. The number of halogens is 3. The summed E-state index contributed by atoms with van der Waals surface area (Å²) in [5, 5.41) is 17.3. The SMILES string of the molecule is N#Cc1cc(I)nc(C(F)F)c1C(=O)O. The minimum Gasteiger partial charge on any atom is -0.478 e. The molecule has 1 aromatic heterocycles. The van der Waals surface area contributed by atoms with Crippen molar-refractivity contribution in [2.75, 3.05) is 0 Å². The van der Waals surface area contributed by atoms with Gasteiger partial charge in [0.2, 0.25) is 0 Å². The van der Waals surface area contributed by atoms with Gasteiger partial charge >= 0.3 is 5.97 Å². The Morgan fingerprint density at radius 3 is 2.67 bits per heavy atom. The van der Waals surface area contributed by atoms with Crippen molar-refractivity contribution in [2.24, 2.45) is 0 Å². The number of hydrogen-bond acceptors (Lipinski definition) is 3. The Morgan fingerprint density at radius 1 is 1.67 bits per heavy atom. The minimum atomic E-state index is -3.02. The molecule has 0 bridgehead atoms. The molecule has 4 nitrogen and oxygen atoms in total. The summed E-state index contributed by atoms with van der Waals surface area (Å²) in [6, 6.07) is 2.70. The minimum absolute atomic E-state index is 0.157. The van der Waals surface area contributed by atoms with E-state index >= 15 is 0 Å². The van der Waals surface area contributed by atoms with Crippen LogP contribution in [0.5, 0.6) is 0 Å². The fourth-order valence-electron chi connectivity index (χ4n) is 1.00. The van der Waals surface area contributed by atoms with E-state index in [1.807, 2.05) is 0 Å². The number of carbonyl (C=O) groups is 1. The first-order valence-corrected chi connectivity index (χ1v) is 4.67. The van der Waals surface area contributed by atoms with Crippen LogP contribution in [-0.2, 0) is 0 Å². The zero-order chi connectivity index (χ0) is 11.6. The third-order valence-corrected chi connectivity index (χ3v) is 2.11. The highest BCUT2D eigenvalue weighted by Gasteiger charge is 2.24. The monoisotopic (exact) mass is 324 g/mol. The van der Waals surface area contributed by atoms with Gasteiger partial charge in [-0.1, -0.05) is 0 Å². The van der Waals surface area contributed by atoms with E-state index in [1.165, 1.54) is 0 Å². The van der Waals surface area contributed by atoms with Crippen LogP contribution < -0.4 is 0 Å². The normalized spacial score (nSPS) is 10.1. The first kappa shape index (κ1) is 11.8. The lowest BCUT2D eigenvalue weighted by Crippen LogP contribution is -2.09. The molecular weight excluding hydrogens is 321 g/mol. The molecule has 0 aliphatic rings. The third kappa shape index (κ3) is 2.38. The van der Waals surface area contributed by atoms with Crippen LogP contribution in [-0.4, -0.2) is 16.1 Å². The largest absolute Gasteiger partial charge is 0.478 e. The van der Waals surface area contributed by atoms with E-state index < -0.39 is 23.7 Å². The molecule has 15 heavy (non-hydrogen) atoms. The summed E-state index contributed by atoms with van der Waals surface area (Å²) in [6.07, 6.45) is -3.02. The number of alkyl halides is 2. The van der Waals surface area contributed by atoms with Gasteiger partial charge in [0.25, 0.3) is 6.43 Å². The Morgan fingerprint density at radius 2 is 2.27 bits per heavy atom. The van der Waals surface area contributed by atoms with E-state index in [0.717, 1.165) is 6.07 Å². The van der Waals surface area contributed by atoms with Crippen molar-refractivity contribution in [2.45, 2.75) is 6.43 Å². The smallest absolute Gasteiger partial charge is 0.339 e. The molecular formula is C8H3F2IN2O2. The average Bonchev–Trinajstić information content (AvgIpc) is 2.15. The number of aromatic carboxylic acids is 1. The molecule has 78 valence electrons. The van der Waals surface area contributed by atoms with Gasteiger partial charge in [0.05, 0.1) is 5.56 Å². The fourth-order valence-corrected chi connectivity index (χ4v) is 1.57. The second-order valence-electron chi connectivity index (χ2n) is 2.47. The zero-order valence-corrected chi connectivity index (χ0v) is 9.20. The van der Waals surface area contributed by atoms with Crippen molar-refractivity contribution in [3.05, 3.63) is 26.6 Å². The first-order chi connectivity index (χ1) is 6.97. The van der Waals surface area contributed by atoms with E-state index in [-0.39, 0.29) is 9.26 Å². The summed E-state index contributed by atoms with van der Waals surface area (Å²) in [7, 11) is 0. The molecule has 0 amide bonds. The van der Waals surface area contributed by atoms with Crippen molar-refractivity contribution in [1.29, 1.82) is 5.26 Å². The highest BCUT2D eigenvalue weighted by molar-refractivity contribution is 14.1. The van der Waals surface area contributed by atoms with Crippen LogP contribution in [0.1, 0.15) is 28.0 Å². The summed E-state index contributed by atoms with van der Waals surface area (Å²) in [6.45, 7) is 0. The Hall–Kier alpha value is -1.30. The highest BCUT2D eigenvalue weighted by Crippen LogP contribution is 2.24. The summed E-state index contributed by atoms with van der Waals surface area (Å²) in [5.74, 6) is -1.58. The van der Waals surface area contributed by atoms with E-state index in [1.54, 1.807) is 28.7 Å². The fraction of sp³-hybridized carbons (Fsp3) is 0.125. The molecule has 0 fully saturated rings. The van der Waals surface area contributed by atoms with Crippen LogP contribution in [0.25, 0.3) is 0 Å². The summed E-state index contributed by atoms with van der Waals surface area (Å²) in [5.41, 5.74) is -1.91. The van der Waals surface area contributed by atoms with Crippen LogP contribution in [0.3, 0.4) is 0 Å². The lowest BCUT2D eigenvalue weighted by atomic mass is 10.1.